The molecule has 2 atom stereocenters. The Morgan fingerprint density at radius 1 is 1.69 bits per heavy atom. The number of carbonyl (C=O) groups is 1. The lowest BCUT2D eigenvalue weighted by Crippen LogP contribution is -2.22. The van der Waals surface area contributed by atoms with E-state index in [2.05, 4.69) is 19.9 Å². The maximum Gasteiger partial charge on any atom is 0.302 e. The Kier molecular flexibility index (Phi) is 3.52. The van der Waals surface area contributed by atoms with Crippen LogP contribution in [-0.4, -0.2) is 12.6 Å². The van der Waals surface area contributed by atoms with Gasteiger partial charge >= 0.3 is 5.97 Å². The first-order valence-corrected chi connectivity index (χ1v) is 4.88. The summed E-state index contributed by atoms with van der Waals surface area (Å²) >= 11 is 0. The lowest BCUT2D eigenvalue weighted by Gasteiger charge is -2.26. The predicted octanol–water partition coefficient (Wildman–Crippen LogP) is 2.54. The minimum atomic E-state index is -0.168. The van der Waals surface area contributed by atoms with Gasteiger partial charge in [0, 0.05) is 6.92 Å². The van der Waals surface area contributed by atoms with E-state index >= 15 is 0 Å². The molecule has 74 valence electrons. The molecule has 13 heavy (non-hydrogen) atoms. The first kappa shape index (κ1) is 10.3. The Morgan fingerprint density at radius 3 is 2.92 bits per heavy atom. The van der Waals surface area contributed by atoms with Crippen LogP contribution in [0.5, 0.6) is 0 Å². The molecule has 2 nitrogen and oxygen atoms in total. The average molecular weight is 182 g/mol. The highest BCUT2D eigenvalue weighted by Gasteiger charge is 2.21. The van der Waals surface area contributed by atoms with Crippen molar-refractivity contribution in [3.8, 4) is 0 Å². The lowest BCUT2D eigenvalue weighted by molar-refractivity contribution is -0.142. The van der Waals surface area contributed by atoms with Crippen LogP contribution in [0, 0.1) is 11.8 Å². The van der Waals surface area contributed by atoms with Crippen molar-refractivity contribution < 1.29 is 9.53 Å². The quantitative estimate of drug-likeness (QED) is 0.484. The molecular formula is C11H18O2. The number of ether oxygens (including phenoxy) is 1. The molecule has 2 heteroatoms. The molecule has 0 heterocycles. The Labute approximate surface area is 80.0 Å². The molecule has 0 aromatic rings. The van der Waals surface area contributed by atoms with Crippen LogP contribution in [0.25, 0.3) is 0 Å². The van der Waals surface area contributed by atoms with Crippen molar-refractivity contribution in [2.75, 3.05) is 6.61 Å². The van der Waals surface area contributed by atoms with Gasteiger partial charge in [-0.25, -0.2) is 0 Å². The van der Waals surface area contributed by atoms with Crippen molar-refractivity contribution in [1.29, 1.82) is 0 Å². The highest BCUT2D eigenvalue weighted by molar-refractivity contribution is 5.65. The third-order valence-electron chi connectivity index (χ3n) is 2.72. The Balaban J connectivity index is 2.39. The number of hydrogen-bond acceptors (Lipinski definition) is 2. The molecule has 1 aliphatic carbocycles. The molecule has 1 rings (SSSR count). The van der Waals surface area contributed by atoms with Crippen LogP contribution < -0.4 is 0 Å². The second kappa shape index (κ2) is 4.45. The first-order chi connectivity index (χ1) is 6.09. The van der Waals surface area contributed by atoms with Crippen LogP contribution in [0.15, 0.2) is 11.6 Å². The predicted molar refractivity (Wildman–Crippen MR) is 52.3 cm³/mol. The maximum atomic E-state index is 10.6. The molecule has 0 aromatic carbocycles. The van der Waals surface area contributed by atoms with Gasteiger partial charge in [-0.3, -0.25) is 4.79 Å². The van der Waals surface area contributed by atoms with E-state index < -0.39 is 0 Å². The number of rotatable bonds is 2. The SMILES string of the molecule is CC(=O)OCC1CC=C(C)CC1C. The third kappa shape index (κ3) is 3.21. The molecule has 0 fully saturated rings. The number of esters is 1. The zero-order valence-corrected chi connectivity index (χ0v) is 8.67. The molecule has 0 radical (unpaired) electrons. The molecule has 0 aromatic heterocycles. The first-order valence-electron chi connectivity index (χ1n) is 4.88. The number of carbonyl (C=O) groups excluding carboxylic acids is 1. The van der Waals surface area contributed by atoms with E-state index in [0.29, 0.717) is 18.4 Å². The smallest absolute Gasteiger partial charge is 0.302 e. The Bertz CT molecular complexity index is 218. The van der Waals surface area contributed by atoms with Crippen molar-refractivity contribution in [2.45, 2.75) is 33.6 Å². The fraction of sp³-hybridized carbons (Fsp3) is 0.727. The van der Waals surface area contributed by atoms with Crippen molar-refractivity contribution in [3.05, 3.63) is 11.6 Å². The van der Waals surface area contributed by atoms with E-state index in [1.165, 1.54) is 12.5 Å². The monoisotopic (exact) mass is 182 g/mol. The summed E-state index contributed by atoms with van der Waals surface area (Å²) in [6.45, 7) is 6.44. The minimum Gasteiger partial charge on any atom is -0.466 e. The van der Waals surface area contributed by atoms with Crippen LogP contribution in [-0.2, 0) is 9.53 Å². The van der Waals surface area contributed by atoms with Gasteiger partial charge in [0.15, 0.2) is 0 Å². The summed E-state index contributed by atoms with van der Waals surface area (Å²) < 4.78 is 5.02. The maximum absolute atomic E-state index is 10.6. The topological polar surface area (TPSA) is 26.3 Å². The summed E-state index contributed by atoms with van der Waals surface area (Å²) in [6, 6.07) is 0. The van der Waals surface area contributed by atoms with E-state index in [1.54, 1.807) is 0 Å². The van der Waals surface area contributed by atoms with Crippen LogP contribution >= 0.6 is 0 Å². The molecule has 0 saturated heterocycles. The fourth-order valence-corrected chi connectivity index (χ4v) is 1.80. The summed E-state index contributed by atoms with van der Waals surface area (Å²) in [5.41, 5.74) is 1.46. The van der Waals surface area contributed by atoms with Gasteiger partial charge in [-0.2, -0.15) is 0 Å². The van der Waals surface area contributed by atoms with Crippen molar-refractivity contribution in [3.63, 3.8) is 0 Å². The zero-order valence-electron chi connectivity index (χ0n) is 8.67. The van der Waals surface area contributed by atoms with E-state index in [0.717, 1.165) is 12.8 Å². The number of allylic oxidation sites excluding steroid dienone is 2. The van der Waals surface area contributed by atoms with Crippen LogP contribution in [0.3, 0.4) is 0 Å². The molecule has 0 N–H and O–H groups in total. The van der Waals surface area contributed by atoms with Gasteiger partial charge in [-0.1, -0.05) is 18.6 Å². The molecule has 0 spiro atoms. The molecule has 0 amide bonds. The second-order valence-corrected chi connectivity index (χ2v) is 4.03. The van der Waals surface area contributed by atoms with E-state index in [4.69, 9.17) is 4.74 Å². The van der Waals surface area contributed by atoms with Gasteiger partial charge in [0.25, 0.3) is 0 Å². The van der Waals surface area contributed by atoms with Gasteiger partial charge in [0.05, 0.1) is 6.61 Å². The third-order valence-corrected chi connectivity index (χ3v) is 2.72. The van der Waals surface area contributed by atoms with Gasteiger partial charge < -0.3 is 4.74 Å². The number of hydrogen-bond donors (Lipinski definition) is 0. The largest absolute Gasteiger partial charge is 0.466 e. The van der Waals surface area contributed by atoms with Gasteiger partial charge in [0.1, 0.15) is 0 Å². The lowest BCUT2D eigenvalue weighted by atomic mass is 9.82. The van der Waals surface area contributed by atoms with Crippen LogP contribution in [0.4, 0.5) is 0 Å². The second-order valence-electron chi connectivity index (χ2n) is 4.03. The summed E-state index contributed by atoms with van der Waals surface area (Å²) in [7, 11) is 0. The normalized spacial score (nSPS) is 28.1. The Morgan fingerprint density at radius 2 is 2.38 bits per heavy atom. The molecule has 2 unspecified atom stereocenters. The van der Waals surface area contributed by atoms with Gasteiger partial charge in [-0.15, -0.1) is 0 Å². The van der Waals surface area contributed by atoms with E-state index in [1.807, 2.05) is 0 Å². The summed E-state index contributed by atoms with van der Waals surface area (Å²) in [5.74, 6) is 0.996. The van der Waals surface area contributed by atoms with Crippen molar-refractivity contribution in [2.24, 2.45) is 11.8 Å². The standard InChI is InChI=1S/C11H18O2/c1-8-4-5-11(9(2)6-8)7-13-10(3)12/h4,9,11H,5-7H2,1-3H3. The van der Waals surface area contributed by atoms with Gasteiger partial charge in [0.2, 0.25) is 0 Å². The summed E-state index contributed by atoms with van der Waals surface area (Å²) in [6.07, 6.45) is 4.46. The average Bonchev–Trinajstić information content (AvgIpc) is 2.02. The Hall–Kier alpha value is -0.790. The van der Waals surface area contributed by atoms with Crippen molar-refractivity contribution >= 4 is 5.97 Å². The van der Waals surface area contributed by atoms with Crippen LogP contribution in [0.1, 0.15) is 33.6 Å². The van der Waals surface area contributed by atoms with E-state index in [-0.39, 0.29) is 5.97 Å². The summed E-state index contributed by atoms with van der Waals surface area (Å²) in [5, 5.41) is 0. The van der Waals surface area contributed by atoms with Crippen molar-refractivity contribution in [1.82, 2.24) is 0 Å². The summed E-state index contributed by atoms with van der Waals surface area (Å²) in [4.78, 5) is 10.6. The highest BCUT2D eigenvalue weighted by atomic mass is 16.5. The minimum absolute atomic E-state index is 0.168. The fourth-order valence-electron chi connectivity index (χ4n) is 1.80. The highest BCUT2D eigenvalue weighted by Crippen LogP contribution is 2.29. The zero-order chi connectivity index (χ0) is 9.84. The molecular weight excluding hydrogens is 164 g/mol. The molecule has 0 aliphatic heterocycles. The van der Waals surface area contributed by atoms with Crippen LogP contribution in [0.2, 0.25) is 0 Å². The van der Waals surface area contributed by atoms with E-state index in [9.17, 15) is 4.79 Å². The molecule has 0 saturated carbocycles. The molecule has 1 aliphatic rings. The van der Waals surface area contributed by atoms with Gasteiger partial charge in [-0.05, 0) is 31.6 Å². The molecule has 0 bridgehead atoms.